The number of hydrogen-bond donors (Lipinski definition) is 1. The third-order valence-corrected chi connectivity index (χ3v) is 2.81. The van der Waals surface area contributed by atoms with Crippen molar-refractivity contribution in [1.82, 2.24) is 9.38 Å². The van der Waals surface area contributed by atoms with Crippen LogP contribution in [0.2, 0.25) is 0 Å². The summed E-state index contributed by atoms with van der Waals surface area (Å²) in [5.41, 5.74) is 9.33. The molecule has 0 spiro atoms. The Kier molecular flexibility index (Phi) is 2.24. The molecule has 0 unspecified atom stereocenters. The van der Waals surface area contributed by atoms with Crippen molar-refractivity contribution in [2.24, 2.45) is 0 Å². The monoisotopic (exact) mass is 234 g/mol. The van der Waals surface area contributed by atoms with E-state index in [1.165, 1.54) is 0 Å². The molecule has 2 heterocycles. The fraction of sp³-hybridized carbons (Fsp3) is 0. The third kappa shape index (κ3) is 1.59. The third-order valence-electron chi connectivity index (χ3n) is 2.81. The van der Waals surface area contributed by atoms with Gasteiger partial charge in [-0.15, -0.1) is 0 Å². The van der Waals surface area contributed by atoms with Gasteiger partial charge in [0.25, 0.3) is 0 Å². The molecule has 1 aromatic carbocycles. The van der Waals surface area contributed by atoms with Gasteiger partial charge in [-0.25, -0.2) is 4.98 Å². The number of nitriles is 1. The number of hydrogen-bond acceptors (Lipinski definition) is 3. The van der Waals surface area contributed by atoms with Crippen molar-refractivity contribution in [2.45, 2.75) is 0 Å². The summed E-state index contributed by atoms with van der Waals surface area (Å²) >= 11 is 0. The van der Waals surface area contributed by atoms with E-state index in [4.69, 9.17) is 11.0 Å². The van der Waals surface area contributed by atoms with E-state index in [9.17, 15) is 0 Å². The first kappa shape index (κ1) is 10.4. The maximum Gasteiger partial charge on any atom is 0.139 e. The number of rotatable bonds is 1. The van der Waals surface area contributed by atoms with Crippen LogP contribution in [-0.4, -0.2) is 9.38 Å². The largest absolute Gasteiger partial charge is 0.398 e. The zero-order chi connectivity index (χ0) is 12.5. The lowest BCUT2D eigenvalue weighted by Gasteiger charge is -1.97. The second-order valence-corrected chi connectivity index (χ2v) is 4.01. The van der Waals surface area contributed by atoms with Gasteiger partial charge in [0.15, 0.2) is 0 Å². The smallest absolute Gasteiger partial charge is 0.139 e. The minimum Gasteiger partial charge on any atom is -0.398 e. The van der Waals surface area contributed by atoms with Gasteiger partial charge in [-0.05, 0) is 0 Å². The van der Waals surface area contributed by atoms with Crippen molar-refractivity contribution in [3.8, 4) is 17.3 Å². The van der Waals surface area contributed by atoms with E-state index in [0.717, 1.165) is 16.9 Å². The zero-order valence-corrected chi connectivity index (χ0v) is 9.54. The summed E-state index contributed by atoms with van der Waals surface area (Å²) in [6.07, 6.45) is 3.59. The Balaban J connectivity index is 2.21. The predicted molar refractivity (Wildman–Crippen MR) is 69.8 cm³/mol. The summed E-state index contributed by atoms with van der Waals surface area (Å²) in [5, 5.41) is 8.94. The molecule has 0 saturated heterocycles. The van der Waals surface area contributed by atoms with Gasteiger partial charge >= 0.3 is 0 Å². The summed E-state index contributed by atoms with van der Waals surface area (Å²) in [6.45, 7) is 0. The number of pyridine rings is 1. The number of imidazole rings is 1. The molecule has 0 radical (unpaired) electrons. The lowest BCUT2D eigenvalue weighted by atomic mass is 10.2. The van der Waals surface area contributed by atoms with Crippen LogP contribution in [0.4, 0.5) is 5.69 Å². The zero-order valence-electron chi connectivity index (χ0n) is 9.54. The number of nitrogens with zero attached hydrogens (tertiary/aromatic N) is 3. The van der Waals surface area contributed by atoms with Gasteiger partial charge in [0.2, 0.25) is 0 Å². The molecule has 18 heavy (non-hydrogen) atoms. The Labute approximate surface area is 104 Å². The first-order chi connectivity index (χ1) is 8.78. The van der Waals surface area contributed by atoms with Crippen LogP contribution in [0.5, 0.6) is 0 Å². The fourth-order valence-corrected chi connectivity index (χ4v) is 1.89. The quantitative estimate of drug-likeness (QED) is 0.703. The molecule has 0 atom stereocenters. The molecule has 0 aliphatic carbocycles. The molecule has 0 fully saturated rings. The van der Waals surface area contributed by atoms with Gasteiger partial charge in [-0.1, -0.05) is 30.3 Å². The maximum atomic E-state index is 8.94. The van der Waals surface area contributed by atoms with Crippen LogP contribution < -0.4 is 5.73 Å². The maximum absolute atomic E-state index is 8.94. The molecule has 0 aliphatic heterocycles. The molecule has 86 valence electrons. The minimum absolute atomic E-state index is 0.454. The van der Waals surface area contributed by atoms with Crippen LogP contribution in [0.1, 0.15) is 5.56 Å². The van der Waals surface area contributed by atoms with E-state index in [-0.39, 0.29) is 0 Å². The van der Waals surface area contributed by atoms with Crippen molar-refractivity contribution in [3.05, 3.63) is 54.4 Å². The van der Waals surface area contributed by atoms with E-state index in [1.807, 2.05) is 40.9 Å². The average Bonchev–Trinajstić information content (AvgIpc) is 2.81. The molecular weight excluding hydrogens is 224 g/mol. The molecule has 3 rings (SSSR count). The van der Waals surface area contributed by atoms with Gasteiger partial charge < -0.3 is 10.1 Å². The van der Waals surface area contributed by atoms with E-state index in [2.05, 4.69) is 11.1 Å². The van der Waals surface area contributed by atoms with E-state index in [0.29, 0.717) is 11.3 Å². The Hall–Kier alpha value is -2.80. The summed E-state index contributed by atoms with van der Waals surface area (Å²) in [4.78, 5) is 4.49. The highest BCUT2D eigenvalue weighted by Gasteiger charge is 2.06. The van der Waals surface area contributed by atoms with Crippen molar-refractivity contribution in [3.63, 3.8) is 0 Å². The van der Waals surface area contributed by atoms with Gasteiger partial charge in [-0.2, -0.15) is 5.26 Å². The summed E-state index contributed by atoms with van der Waals surface area (Å²) in [6, 6.07) is 13.7. The molecule has 0 amide bonds. The number of fused-ring (bicyclic) bond motifs is 1. The number of nitrogen functional groups attached to an aromatic ring is 1. The lowest BCUT2D eigenvalue weighted by molar-refractivity contribution is 1.18. The molecule has 3 aromatic rings. The standard InChI is InChI=1S/C14H10N4/c15-7-11-8-18-9-13(10-4-2-1-3-5-10)17-14(18)6-12(11)16/h1-6,8-9H,16H2. The molecule has 2 N–H and O–H groups in total. The van der Waals surface area contributed by atoms with Crippen molar-refractivity contribution >= 4 is 11.3 Å². The Morgan fingerprint density at radius 2 is 1.94 bits per heavy atom. The predicted octanol–water partition coefficient (Wildman–Crippen LogP) is 2.46. The second-order valence-electron chi connectivity index (χ2n) is 4.01. The topological polar surface area (TPSA) is 67.1 Å². The fourth-order valence-electron chi connectivity index (χ4n) is 1.89. The Bertz CT molecular complexity index is 751. The number of aromatic nitrogens is 2. The van der Waals surface area contributed by atoms with Gasteiger partial charge in [0, 0.05) is 24.0 Å². The number of anilines is 1. The second kappa shape index (κ2) is 3.90. The average molecular weight is 234 g/mol. The summed E-state index contributed by atoms with van der Waals surface area (Å²) < 4.78 is 1.82. The SMILES string of the molecule is N#Cc1cn2cc(-c3ccccc3)nc2cc1N. The molecule has 2 aromatic heterocycles. The highest BCUT2D eigenvalue weighted by atomic mass is 15.0. The van der Waals surface area contributed by atoms with E-state index in [1.54, 1.807) is 12.3 Å². The minimum atomic E-state index is 0.454. The highest BCUT2D eigenvalue weighted by Crippen LogP contribution is 2.21. The molecule has 4 nitrogen and oxygen atoms in total. The van der Waals surface area contributed by atoms with Crippen LogP contribution in [0.15, 0.2) is 48.8 Å². The van der Waals surface area contributed by atoms with Crippen molar-refractivity contribution in [1.29, 1.82) is 5.26 Å². The molecule has 0 saturated carbocycles. The molecular formula is C14H10N4. The van der Waals surface area contributed by atoms with Gasteiger partial charge in [0.05, 0.1) is 16.9 Å². The van der Waals surface area contributed by atoms with Gasteiger partial charge in [0.1, 0.15) is 11.7 Å². The van der Waals surface area contributed by atoms with Crippen molar-refractivity contribution in [2.75, 3.05) is 5.73 Å². The van der Waals surface area contributed by atoms with Crippen LogP contribution in [0.3, 0.4) is 0 Å². The van der Waals surface area contributed by atoms with Crippen LogP contribution in [0, 0.1) is 11.3 Å². The Morgan fingerprint density at radius 3 is 2.67 bits per heavy atom. The molecule has 4 heteroatoms. The molecule has 0 aliphatic rings. The molecule has 0 bridgehead atoms. The van der Waals surface area contributed by atoms with E-state index >= 15 is 0 Å². The Morgan fingerprint density at radius 1 is 1.17 bits per heavy atom. The highest BCUT2D eigenvalue weighted by molar-refractivity contribution is 5.67. The normalized spacial score (nSPS) is 10.4. The van der Waals surface area contributed by atoms with Gasteiger partial charge in [-0.3, -0.25) is 0 Å². The summed E-state index contributed by atoms with van der Waals surface area (Å²) in [5.74, 6) is 0. The summed E-state index contributed by atoms with van der Waals surface area (Å²) in [7, 11) is 0. The first-order valence-electron chi connectivity index (χ1n) is 5.51. The van der Waals surface area contributed by atoms with Crippen LogP contribution in [0.25, 0.3) is 16.9 Å². The van der Waals surface area contributed by atoms with Crippen molar-refractivity contribution < 1.29 is 0 Å². The van der Waals surface area contributed by atoms with Crippen LogP contribution in [-0.2, 0) is 0 Å². The number of nitrogens with two attached hydrogens (primary N) is 1. The van der Waals surface area contributed by atoms with Crippen LogP contribution >= 0.6 is 0 Å². The first-order valence-corrected chi connectivity index (χ1v) is 5.51. The number of benzene rings is 1. The van der Waals surface area contributed by atoms with E-state index < -0.39 is 0 Å². The lowest BCUT2D eigenvalue weighted by Crippen LogP contribution is -1.93.